The summed E-state index contributed by atoms with van der Waals surface area (Å²) < 4.78 is 5.75. The van der Waals surface area contributed by atoms with Crippen LogP contribution in [-0.2, 0) is 0 Å². The SMILES string of the molecule is Nc1ccc2cc3ccc(=[NH2+])cc-3oc2c1.[Cl-]. The maximum Gasteiger partial charge on any atom is 0.200 e. The summed E-state index contributed by atoms with van der Waals surface area (Å²) in [4.78, 5) is 0. The first-order chi connectivity index (χ1) is 7.72. The van der Waals surface area contributed by atoms with Crippen LogP contribution in [0, 0.1) is 0 Å². The Morgan fingerprint density at radius 1 is 1.00 bits per heavy atom. The minimum atomic E-state index is 0. The fourth-order valence-corrected chi connectivity index (χ4v) is 1.80. The zero-order chi connectivity index (χ0) is 11.1. The number of hydrogen-bond acceptors (Lipinski definition) is 2. The van der Waals surface area contributed by atoms with Gasteiger partial charge in [0.2, 0.25) is 0 Å². The molecule has 2 aliphatic rings. The van der Waals surface area contributed by atoms with Gasteiger partial charge in [0.25, 0.3) is 0 Å². The van der Waals surface area contributed by atoms with E-state index in [2.05, 4.69) is 6.07 Å². The summed E-state index contributed by atoms with van der Waals surface area (Å²) in [5, 5.41) is 7.44. The van der Waals surface area contributed by atoms with Gasteiger partial charge in [-0.2, -0.15) is 0 Å². The van der Waals surface area contributed by atoms with Gasteiger partial charge in [-0.1, -0.05) is 0 Å². The van der Waals surface area contributed by atoms with Gasteiger partial charge in [0.15, 0.2) is 5.36 Å². The second kappa shape index (κ2) is 4.11. The fourth-order valence-electron chi connectivity index (χ4n) is 1.80. The molecule has 1 aliphatic heterocycles. The average Bonchev–Trinajstić information content (AvgIpc) is 2.26. The van der Waals surface area contributed by atoms with E-state index in [4.69, 9.17) is 15.6 Å². The molecule has 3 nitrogen and oxygen atoms in total. The molecule has 0 saturated heterocycles. The molecule has 1 aromatic carbocycles. The van der Waals surface area contributed by atoms with Crippen molar-refractivity contribution in [2.24, 2.45) is 0 Å². The number of nitrogens with two attached hydrogens (primary N) is 2. The predicted octanol–water partition coefficient (Wildman–Crippen LogP) is -2.22. The molecule has 1 aromatic rings. The van der Waals surface area contributed by atoms with Crippen molar-refractivity contribution in [2.45, 2.75) is 0 Å². The van der Waals surface area contributed by atoms with E-state index < -0.39 is 0 Å². The van der Waals surface area contributed by atoms with Crippen LogP contribution in [0.5, 0.6) is 0 Å². The highest BCUT2D eigenvalue weighted by molar-refractivity contribution is 5.84. The molecular formula is C13H11ClN2O. The Labute approximate surface area is 104 Å². The minimum Gasteiger partial charge on any atom is -1.00 e. The molecule has 17 heavy (non-hydrogen) atoms. The monoisotopic (exact) mass is 246 g/mol. The van der Waals surface area contributed by atoms with E-state index in [0.29, 0.717) is 11.0 Å². The summed E-state index contributed by atoms with van der Waals surface area (Å²) in [6.45, 7) is 0. The third-order valence-corrected chi connectivity index (χ3v) is 2.61. The van der Waals surface area contributed by atoms with Gasteiger partial charge in [-0.15, -0.1) is 0 Å². The number of nitrogen functional groups attached to an aromatic ring is 1. The van der Waals surface area contributed by atoms with Crippen LogP contribution in [0.3, 0.4) is 0 Å². The standard InChI is InChI=1S/C13H10N2O.ClH/c14-10-3-1-8-5-9-2-4-11(15)7-13(9)16-12(8)6-10;/h1-7,14H,15H2;1H. The van der Waals surface area contributed by atoms with Gasteiger partial charge in [0, 0.05) is 28.8 Å². The van der Waals surface area contributed by atoms with Crippen molar-refractivity contribution in [3.8, 4) is 11.3 Å². The normalized spacial score (nSPS) is 10.4. The molecule has 0 aromatic heterocycles. The first-order valence-electron chi connectivity index (χ1n) is 5.04. The summed E-state index contributed by atoms with van der Waals surface area (Å²) >= 11 is 0. The van der Waals surface area contributed by atoms with E-state index in [1.54, 1.807) is 0 Å². The van der Waals surface area contributed by atoms with Crippen LogP contribution in [0.2, 0.25) is 0 Å². The Hall–Kier alpha value is -2.00. The summed E-state index contributed by atoms with van der Waals surface area (Å²) in [5.74, 6) is 0.776. The van der Waals surface area contributed by atoms with Gasteiger partial charge < -0.3 is 22.6 Å². The van der Waals surface area contributed by atoms with E-state index in [0.717, 1.165) is 22.3 Å². The van der Waals surface area contributed by atoms with Crippen molar-refractivity contribution in [2.75, 3.05) is 5.73 Å². The molecule has 86 valence electrons. The van der Waals surface area contributed by atoms with Crippen molar-refractivity contribution in [3.63, 3.8) is 0 Å². The molecule has 4 heteroatoms. The number of halogens is 1. The van der Waals surface area contributed by atoms with Crippen LogP contribution in [0.4, 0.5) is 5.69 Å². The van der Waals surface area contributed by atoms with E-state index >= 15 is 0 Å². The molecule has 0 atom stereocenters. The minimum absolute atomic E-state index is 0. The van der Waals surface area contributed by atoms with E-state index in [1.165, 1.54) is 0 Å². The number of anilines is 1. The molecule has 0 fully saturated rings. The lowest BCUT2D eigenvalue weighted by Crippen LogP contribution is -3.00. The van der Waals surface area contributed by atoms with Crippen LogP contribution in [0.15, 0.2) is 46.9 Å². The third-order valence-electron chi connectivity index (χ3n) is 2.61. The van der Waals surface area contributed by atoms with Crippen molar-refractivity contribution in [1.29, 1.82) is 0 Å². The van der Waals surface area contributed by atoms with Gasteiger partial charge in [-0.3, -0.25) is 5.41 Å². The topological polar surface area (TPSA) is 64.8 Å². The van der Waals surface area contributed by atoms with E-state index in [9.17, 15) is 0 Å². The van der Waals surface area contributed by atoms with E-state index in [1.807, 2.05) is 36.4 Å². The molecule has 0 saturated carbocycles. The van der Waals surface area contributed by atoms with Crippen molar-refractivity contribution < 1.29 is 22.2 Å². The summed E-state index contributed by atoms with van der Waals surface area (Å²) in [7, 11) is 0. The Morgan fingerprint density at radius 3 is 2.65 bits per heavy atom. The molecule has 0 bridgehead atoms. The lowest BCUT2D eigenvalue weighted by Gasteiger charge is -2.06. The smallest absolute Gasteiger partial charge is 0.200 e. The second-order valence-corrected chi connectivity index (χ2v) is 3.84. The largest absolute Gasteiger partial charge is 1.00 e. The fraction of sp³-hybridized carbons (Fsp3) is 0. The predicted molar refractivity (Wildman–Crippen MR) is 62.3 cm³/mol. The molecule has 0 amide bonds. The first-order valence-corrected chi connectivity index (χ1v) is 5.04. The Bertz CT molecular complexity index is 705. The highest BCUT2D eigenvalue weighted by Gasteiger charge is 2.07. The quantitative estimate of drug-likeness (QED) is 0.349. The second-order valence-electron chi connectivity index (χ2n) is 3.84. The molecule has 1 aliphatic carbocycles. The maximum atomic E-state index is 5.75. The zero-order valence-electron chi connectivity index (χ0n) is 8.98. The summed E-state index contributed by atoms with van der Waals surface area (Å²) in [5.41, 5.74) is 8.22. The molecule has 3 rings (SSSR count). The highest BCUT2D eigenvalue weighted by Crippen LogP contribution is 2.27. The van der Waals surface area contributed by atoms with Crippen molar-refractivity contribution >= 4 is 16.7 Å². The zero-order valence-corrected chi connectivity index (χ0v) is 9.74. The van der Waals surface area contributed by atoms with Gasteiger partial charge >= 0.3 is 0 Å². The van der Waals surface area contributed by atoms with Crippen LogP contribution < -0.4 is 28.9 Å². The summed E-state index contributed by atoms with van der Waals surface area (Å²) in [6, 6.07) is 13.3. The lowest BCUT2D eigenvalue weighted by atomic mass is 10.1. The van der Waals surface area contributed by atoms with Gasteiger partial charge in [0.1, 0.15) is 11.3 Å². The van der Waals surface area contributed by atoms with Crippen LogP contribution in [-0.4, -0.2) is 0 Å². The van der Waals surface area contributed by atoms with Crippen molar-refractivity contribution in [3.05, 3.63) is 47.8 Å². The van der Waals surface area contributed by atoms with Crippen molar-refractivity contribution in [1.82, 2.24) is 0 Å². The van der Waals surface area contributed by atoms with Gasteiger partial charge in [0.05, 0.1) is 6.07 Å². The van der Waals surface area contributed by atoms with Crippen LogP contribution in [0.25, 0.3) is 22.3 Å². The van der Waals surface area contributed by atoms with Gasteiger partial charge in [-0.25, -0.2) is 0 Å². The Morgan fingerprint density at radius 2 is 1.82 bits per heavy atom. The highest BCUT2D eigenvalue weighted by atomic mass is 35.5. The Kier molecular flexibility index (Phi) is 2.77. The maximum absolute atomic E-state index is 5.75. The number of hydrogen-bond donors (Lipinski definition) is 2. The molecular weight excluding hydrogens is 236 g/mol. The van der Waals surface area contributed by atoms with E-state index in [-0.39, 0.29) is 12.4 Å². The lowest BCUT2D eigenvalue weighted by molar-refractivity contribution is -0.172. The molecule has 0 spiro atoms. The molecule has 0 unspecified atom stereocenters. The van der Waals surface area contributed by atoms with Gasteiger partial charge in [-0.05, 0) is 24.3 Å². The third kappa shape index (κ3) is 1.97. The number of fused-ring (bicyclic) bond motifs is 2. The molecule has 0 radical (unpaired) electrons. The molecule has 1 heterocycles. The molecule has 4 N–H and O–H groups in total. The first kappa shape index (κ1) is 11.5. The average molecular weight is 247 g/mol. The number of benzene rings is 2. The number of rotatable bonds is 0. The summed E-state index contributed by atoms with van der Waals surface area (Å²) in [6.07, 6.45) is 0. The van der Waals surface area contributed by atoms with Crippen LogP contribution in [0.1, 0.15) is 0 Å². The van der Waals surface area contributed by atoms with Crippen LogP contribution >= 0.6 is 0 Å². The Balaban J connectivity index is 0.00000108.